The predicted octanol–water partition coefficient (Wildman–Crippen LogP) is 7.47. The third-order valence-corrected chi connectivity index (χ3v) is 4.60. The lowest BCUT2D eigenvalue weighted by Crippen LogP contribution is -2.23. The van der Waals surface area contributed by atoms with Crippen LogP contribution in [0.4, 0.5) is 13.2 Å². The van der Waals surface area contributed by atoms with Crippen molar-refractivity contribution in [2.75, 3.05) is 0 Å². The number of rotatable bonds is 5. The number of alkyl halides is 3. The second kappa shape index (κ2) is 8.50. The highest BCUT2D eigenvalue weighted by molar-refractivity contribution is 9.12. The van der Waals surface area contributed by atoms with Gasteiger partial charge in [0, 0.05) is 20.2 Å². The van der Waals surface area contributed by atoms with E-state index in [1.165, 1.54) is 31.2 Å². The molecule has 0 saturated carbocycles. The van der Waals surface area contributed by atoms with Gasteiger partial charge in [0.05, 0.1) is 11.3 Å². The van der Waals surface area contributed by atoms with Gasteiger partial charge in [0.25, 0.3) is 5.78 Å². The maximum absolute atomic E-state index is 13.0. The minimum absolute atomic E-state index is 0.0292. The van der Waals surface area contributed by atoms with Gasteiger partial charge < -0.3 is 4.98 Å². The van der Waals surface area contributed by atoms with E-state index in [0.29, 0.717) is 25.8 Å². The van der Waals surface area contributed by atoms with Crippen LogP contribution in [0.5, 0.6) is 0 Å². The maximum Gasteiger partial charge on any atom is 0.454 e. The number of hydrogen-bond acceptors (Lipinski definition) is 1. The topological polar surface area (TPSA) is 32.9 Å². The van der Waals surface area contributed by atoms with Crippen molar-refractivity contribution in [3.8, 4) is 0 Å². The highest BCUT2D eigenvalue weighted by Crippen LogP contribution is 2.30. The van der Waals surface area contributed by atoms with Crippen molar-refractivity contribution in [1.29, 1.82) is 0 Å². The van der Waals surface area contributed by atoms with Gasteiger partial charge in [0.2, 0.25) is 0 Å². The number of nitrogens with one attached hydrogen (secondary N) is 1. The fraction of sp³-hybridized carbons (Fsp3) is 0.105. The Labute approximate surface area is 172 Å². The normalized spacial score (nSPS) is 12.6. The zero-order chi connectivity index (χ0) is 20.4. The Hall–Kier alpha value is -1.76. The molecule has 1 aromatic carbocycles. The van der Waals surface area contributed by atoms with Crippen LogP contribution in [0, 0.1) is 6.92 Å². The van der Waals surface area contributed by atoms with Crippen molar-refractivity contribution in [2.24, 2.45) is 0 Å². The van der Waals surface area contributed by atoms with E-state index < -0.39 is 17.5 Å². The summed E-state index contributed by atoms with van der Waals surface area (Å²) in [6.07, 6.45) is 0.934. The number of hydrogen-bond donors (Lipinski definition) is 1. The van der Waals surface area contributed by atoms with Gasteiger partial charge in [-0.15, -0.1) is 0 Å². The number of carbonyl (C=O) groups is 1. The number of benzene rings is 1. The fourth-order valence-electron chi connectivity index (χ4n) is 2.39. The summed E-state index contributed by atoms with van der Waals surface area (Å²) < 4.78 is 39.7. The molecule has 2 rings (SSSR count). The molecule has 1 N–H and O–H groups in total. The predicted molar refractivity (Wildman–Crippen MR) is 108 cm³/mol. The van der Waals surface area contributed by atoms with Crippen LogP contribution in [0.3, 0.4) is 0 Å². The number of Topliss-reactive ketones (excluding diaryl/α,β-unsaturated/α-hetero) is 1. The first kappa shape index (κ1) is 21.5. The van der Waals surface area contributed by atoms with Gasteiger partial charge in [-0.25, -0.2) is 0 Å². The summed E-state index contributed by atoms with van der Waals surface area (Å²) in [4.78, 5) is 14.8. The van der Waals surface area contributed by atoms with Crippen LogP contribution in [0.25, 0.3) is 18.2 Å². The summed E-state index contributed by atoms with van der Waals surface area (Å²) >= 11 is 15.1. The molecular weight excluding hydrogens is 466 g/mol. The Bertz CT molecular complexity index is 938. The summed E-state index contributed by atoms with van der Waals surface area (Å²) in [7, 11) is 0. The monoisotopic (exact) mass is 477 g/mol. The second-order valence-corrected chi connectivity index (χ2v) is 7.34. The maximum atomic E-state index is 13.0. The van der Waals surface area contributed by atoms with E-state index in [-0.39, 0.29) is 11.3 Å². The standard InChI is InChI=1S/C19H13BrCl2F3NO/c1-3-12(20)8-16-10(2)17(18(27)19(23,24)25)15(26-16)5-4-11-6-13(21)9-14(22)7-11/h3-9,26H,1H2,2H3/b5-4+,12-8+. The number of ketones is 1. The quantitative estimate of drug-likeness (QED) is 0.351. The van der Waals surface area contributed by atoms with Crippen molar-refractivity contribution in [2.45, 2.75) is 13.1 Å². The van der Waals surface area contributed by atoms with E-state index >= 15 is 0 Å². The van der Waals surface area contributed by atoms with Gasteiger partial charge in [0.15, 0.2) is 0 Å². The third-order valence-electron chi connectivity index (χ3n) is 3.61. The van der Waals surface area contributed by atoms with Gasteiger partial charge in [-0.1, -0.05) is 57.9 Å². The zero-order valence-electron chi connectivity index (χ0n) is 13.9. The Kier molecular flexibility index (Phi) is 6.78. The lowest BCUT2D eigenvalue weighted by atomic mass is 10.0. The lowest BCUT2D eigenvalue weighted by molar-refractivity contribution is -0.0885. The van der Waals surface area contributed by atoms with Crippen LogP contribution < -0.4 is 0 Å². The second-order valence-electron chi connectivity index (χ2n) is 5.55. The average Bonchev–Trinajstić information content (AvgIpc) is 2.86. The molecule has 8 heteroatoms. The number of carbonyl (C=O) groups excluding carboxylic acids is 1. The Morgan fingerprint density at radius 2 is 1.74 bits per heavy atom. The van der Waals surface area contributed by atoms with Crippen molar-refractivity contribution in [1.82, 2.24) is 4.98 Å². The molecule has 1 heterocycles. The zero-order valence-corrected chi connectivity index (χ0v) is 17.0. The number of aromatic amines is 1. The molecule has 1 aromatic heterocycles. The van der Waals surface area contributed by atoms with Gasteiger partial charge >= 0.3 is 6.18 Å². The summed E-state index contributed by atoms with van der Waals surface area (Å²) in [5.41, 5.74) is 0.705. The SMILES string of the molecule is C=C/C(Br)=C\c1[nH]c(/C=C/c2cc(Cl)cc(Cl)c2)c(C(=O)C(F)(F)F)c1C. The molecule has 0 fully saturated rings. The minimum Gasteiger partial charge on any atom is -0.355 e. The van der Waals surface area contributed by atoms with Gasteiger partial charge in [-0.3, -0.25) is 4.79 Å². The molecule has 2 nitrogen and oxygen atoms in total. The van der Waals surface area contributed by atoms with Crippen molar-refractivity contribution < 1.29 is 18.0 Å². The van der Waals surface area contributed by atoms with Gasteiger partial charge in [-0.05, 0) is 48.4 Å². The highest BCUT2D eigenvalue weighted by Gasteiger charge is 2.42. The molecule has 0 saturated heterocycles. The molecule has 0 radical (unpaired) electrons. The molecule has 0 spiro atoms. The number of allylic oxidation sites excluding steroid dienone is 2. The van der Waals surface area contributed by atoms with Crippen LogP contribution >= 0.6 is 39.1 Å². The Morgan fingerprint density at radius 3 is 2.26 bits per heavy atom. The largest absolute Gasteiger partial charge is 0.454 e. The third kappa shape index (κ3) is 5.37. The van der Waals surface area contributed by atoms with Gasteiger partial charge in [-0.2, -0.15) is 13.2 Å². The molecular formula is C19H13BrCl2F3NO. The molecule has 27 heavy (non-hydrogen) atoms. The molecule has 0 amide bonds. The van der Waals surface area contributed by atoms with E-state index in [1.807, 2.05) is 0 Å². The van der Waals surface area contributed by atoms with Crippen molar-refractivity contribution in [3.63, 3.8) is 0 Å². The number of H-pyrrole nitrogens is 1. The molecule has 0 aliphatic carbocycles. The van der Waals surface area contributed by atoms with E-state index in [9.17, 15) is 18.0 Å². The van der Waals surface area contributed by atoms with Crippen LogP contribution in [0.2, 0.25) is 10.0 Å². The molecule has 0 atom stereocenters. The lowest BCUT2D eigenvalue weighted by Gasteiger charge is -2.06. The molecule has 0 bridgehead atoms. The van der Waals surface area contributed by atoms with Crippen LogP contribution in [0.15, 0.2) is 35.3 Å². The van der Waals surface area contributed by atoms with Crippen LogP contribution in [0.1, 0.15) is 32.9 Å². The van der Waals surface area contributed by atoms with Crippen LogP contribution in [-0.2, 0) is 0 Å². The molecule has 142 valence electrons. The van der Waals surface area contributed by atoms with E-state index in [4.69, 9.17) is 23.2 Å². The minimum atomic E-state index is -4.99. The first-order valence-electron chi connectivity index (χ1n) is 7.51. The van der Waals surface area contributed by atoms with E-state index in [1.54, 1.807) is 18.2 Å². The average molecular weight is 479 g/mol. The smallest absolute Gasteiger partial charge is 0.355 e. The molecule has 0 aliphatic heterocycles. The Balaban J connectivity index is 2.59. The summed E-state index contributed by atoms with van der Waals surface area (Å²) in [5.74, 6) is -1.92. The van der Waals surface area contributed by atoms with Crippen molar-refractivity contribution >= 4 is 63.1 Å². The van der Waals surface area contributed by atoms with Crippen molar-refractivity contribution in [3.05, 3.63) is 73.5 Å². The Morgan fingerprint density at radius 1 is 1.15 bits per heavy atom. The van der Waals surface area contributed by atoms with Crippen LogP contribution in [-0.4, -0.2) is 16.9 Å². The number of aromatic nitrogens is 1. The first-order chi connectivity index (χ1) is 12.5. The van der Waals surface area contributed by atoms with E-state index in [0.717, 1.165) is 0 Å². The molecule has 0 unspecified atom stereocenters. The summed E-state index contributed by atoms with van der Waals surface area (Å²) in [6.45, 7) is 5.01. The first-order valence-corrected chi connectivity index (χ1v) is 9.05. The summed E-state index contributed by atoms with van der Waals surface area (Å²) in [6, 6.07) is 4.73. The molecule has 2 aromatic rings. The summed E-state index contributed by atoms with van der Waals surface area (Å²) in [5, 5.41) is 0.768. The number of halogens is 6. The fourth-order valence-corrected chi connectivity index (χ4v) is 3.16. The highest BCUT2D eigenvalue weighted by atomic mass is 79.9. The van der Waals surface area contributed by atoms with Gasteiger partial charge in [0.1, 0.15) is 0 Å². The molecule has 0 aliphatic rings. The van der Waals surface area contributed by atoms with E-state index in [2.05, 4.69) is 27.5 Å².